The molecule has 3 fully saturated rings. The van der Waals surface area contributed by atoms with Crippen molar-refractivity contribution in [3.05, 3.63) is 98.8 Å². The van der Waals surface area contributed by atoms with Gasteiger partial charge in [0.1, 0.15) is 11.4 Å². The summed E-state index contributed by atoms with van der Waals surface area (Å²) in [6.07, 6.45) is 0.584. The van der Waals surface area contributed by atoms with Crippen LogP contribution >= 0.6 is 39.1 Å². The van der Waals surface area contributed by atoms with Gasteiger partial charge in [-0.1, -0.05) is 33.6 Å². The third-order valence-corrected chi connectivity index (χ3v) is 11.8. The number of imide groups is 2. The Bertz CT molecular complexity index is 2140. The van der Waals surface area contributed by atoms with Gasteiger partial charge in [-0.05, 0) is 55.2 Å². The van der Waals surface area contributed by atoms with Gasteiger partial charge in [-0.3, -0.25) is 24.1 Å². The number of carboxylic acid groups (broad SMARTS) is 1. The molecule has 0 bridgehead atoms. The van der Waals surface area contributed by atoms with Crippen LogP contribution in [0.1, 0.15) is 34.7 Å². The first-order valence-electron chi connectivity index (χ1n) is 14.6. The van der Waals surface area contributed by atoms with Gasteiger partial charge in [-0.2, -0.15) is 0 Å². The number of carboxylic acids is 1. The van der Waals surface area contributed by atoms with E-state index in [1.54, 1.807) is 0 Å². The largest absolute Gasteiger partial charge is 0.508 e. The minimum absolute atomic E-state index is 0.0651. The van der Waals surface area contributed by atoms with E-state index in [4.69, 9.17) is 23.2 Å². The molecule has 3 aromatic rings. The smallest absolute Gasteiger partial charge is 0.335 e. The van der Waals surface area contributed by atoms with Crippen LogP contribution in [-0.4, -0.2) is 49.6 Å². The highest BCUT2D eigenvalue weighted by Gasteiger charge is 2.77. The number of aromatic carboxylic acids is 1. The van der Waals surface area contributed by atoms with Crippen LogP contribution in [0.3, 0.4) is 0 Å². The average Bonchev–Trinajstić information content (AvgIpc) is 3.42. The van der Waals surface area contributed by atoms with Crippen molar-refractivity contribution in [3.63, 3.8) is 0 Å². The molecule has 17 heteroatoms. The molecule has 6 unspecified atom stereocenters. The lowest BCUT2D eigenvalue weighted by Gasteiger charge is -2.50. The van der Waals surface area contributed by atoms with E-state index < -0.39 is 110 Å². The summed E-state index contributed by atoms with van der Waals surface area (Å²) in [6.45, 7) is 0. The molecule has 258 valence electrons. The van der Waals surface area contributed by atoms with Crippen LogP contribution in [0.5, 0.6) is 5.75 Å². The summed E-state index contributed by atoms with van der Waals surface area (Å²) >= 11 is 17.4. The minimum atomic E-state index is -2.81. The lowest BCUT2D eigenvalue weighted by atomic mass is 9.56. The Morgan fingerprint density at radius 2 is 1.48 bits per heavy atom. The molecule has 1 saturated carbocycles. The number of halogens is 8. The SMILES string of the molecule is O=C(O)c1cccc(N2C(=O)C3CC=C4C(CC5(Cl)C(=O)N(c6c(F)c(F)c(F)c(F)c6F)C(=O)C5(Cl)C4c4cc(Br)ccc4O)C3C2=O)c1. The van der Waals surface area contributed by atoms with Crippen molar-refractivity contribution in [1.82, 2.24) is 0 Å². The zero-order valence-electron chi connectivity index (χ0n) is 24.7. The second-order valence-electron chi connectivity index (χ2n) is 12.3. The quantitative estimate of drug-likeness (QED) is 0.0790. The van der Waals surface area contributed by atoms with Gasteiger partial charge < -0.3 is 10.2 Å². The van der Waals surface area contributed by atoms with Crippen LogP contribution in [0.2, 0.25) is 0 Å². The molecule has 2 heterocycles. The molecular weight excluding hydrogens is 782 g/mol. The van der Waals surface area contributed by atoms with Crippen LogP contribution in [-0.2, 0) is 19.2 Å². The standard InChI is InChI=1S/C33H18BrCl2F5N2O7/c34-12-4-7-18(44)16(9-12)20-14-5-6-15-19(28(46)42(27(15)45)13-3-1-2-11(8-13)29(47)48)17(14)10-32(35)30(49)43(31(50)33(20,32)36)26-24(40)22(38)21(37)23(39)25(26)41/h1-5,7-9,15,17,19-20,44H,6,10H2,(H,47,48). The van der Waals surface area contributed by atoms with E-state index in [-0.39, 0.29) is 33.7 Å². The van der Waals surface area contributed by atoms with E-state index in [0.717, 1.165) is 11.0 Å². The highest BCUT2D eigenvalue weighted by Crippen LogP contribution is 2.67. The number of nitrogens with zero attached hydrogens (tertiary/aromatic N) is 2. The van der Waals surface area contributed by atoms with E-state index in [9.17, 15) is 47.4 Å². The second-order valence-corrected chi connectivity index (χ2v) is 14.4. The van der Waals surface area contributed by atoms with Crippen LogP contribution in [0.25, 0.3) is 0 Å². The normalized spacial score (nSPS) is 28.8. The summed E-state index contributed by atoms with van der Waals surface area (Å²) in [5, 5.41) is 20.5. The number of rotatable bonds is 4. The highest BCUT2D eigenvalue weighted by atomic mass is 79.9. The maximum absolute atomic E-state index is 15.2. The molecule has 0 spiro atoms. The Balaban J connectivity index is 1.43. The molecule has 2 N–H and O–H groups in total. The molecule has 7 rings (SSSR count). The van der Waals surface area contributed by atoms with Gasteiger partial charge in [-0.25, -0.2) is 31.6 Å². The molecule has 3 aromatic carbocycles. The van der Waals surface area contributed by atoms with Gasteiger partial charge in [0, 0.05) is 16.0 Å². The van der Waals surface area contributed by atoms with Crippen molar-refractivity contribution >= 4 is 80.1 Å². The van der Waals surface area contributed by atoms with E-state index in [0.29, 0.717) is 4.47 Å². The Morgan fingerprint density at radius 3 is 2.12 bits per heavy atom. The number of benzene rings is 3. The van der Waals surface area contributed by atoms with Gasteiger partial charge >= 0.3 is 5.97 Å². The fourth-order valence-corrected chi connectivity index (χ4v) is 9.01. The number of aromatic hydroxyl groups is 1. The molecular formula is C33H18BrCl2F5N2O7. The Labute approximate surface area is 296 Å². The topological polar surface area (TPSA) is 132 Å². The fraction of sp³-hybridized carbons (Fsp3) is 0.242. The average molecular weight is 800 g/mol. The summed E-state index contributed by atoms with van der Waals surface area (Å²) in [5.74, 6) is -24.5. The Kier molecular flexibility index (Phi) is 7.74. The highest BCUT2D eigenvalue weighted by molar-refractivity contribution is 9.10. The second kappa shape index (κ2) is 11.3. The van der Waals surface area contributed by atoms with Crippen LogP contribution in [0, 0.1) is 46.8 Å². The molecule has 6 atom stereocenters. The van der Waals surface area contributed by atoms with Crippen LogP contribution < -0.4 is 9.80 Å². The first-order valence-corrected chi connectivity index (χ1v) is 16.2. The molecule has 0 aromatic heterocycles. The monoisotopic (exact) mass is 798 g/mol. The lowest BCUT2D eigenvalue weighted by Crippen LogP contribution is -2.60. The van der Waals surface area contributed by atoms with E-state index >= 15 is 8.78 Å². The van der Waals surface area contributed by atoms with Crippen molar-refractivity contribution in [2.24, 2.45) is 17.8 Å². The van der Waals surface area contributed by atoms with Crippen LogP contribution in [0.4, 0.5) is 33.3 Å². The van der Waals surface area contributed by atoms with Gasteiger partial charge in [-0.15, -0.1) is 23.2 Å². The summed E-state index contributed by atoms with van der Waals surface area (Å²) in [4.78, 5) is 63.0. The number of amides is 4. The molecule has 4 aliphatic rings. The van der Waals surface area contributed by atoms with Crippen molar-refractivity contribution in [2.45, 2.75) is 28.5 Å². The maximum Gasteiger partial charge on any atom is 0.335 e. The maximum atomic E-state index is 15.2. The summed E-state index contributed by atoms with van der Waals surface area (Å²) in [6, 6.07) is 8.92. The Morgan fingerprint density at radius 1 is 0.840 bits per heavy atom. The summed E-state index contributed by atoms with van der Waals surface area (Å²) in [7, 11) is 0. The molecule has 2 aliphatic carbocycles. The molecule has 9 nitrogen and oxygen atoms in total. The van der Waals surface area contributed by atoms with Crippen molar-refractivity contribution in [1.29, 1.82) is 0 Å². The number of anilines is 2. The number of hydrogen-bond acceptors (Lipinski definition) is 6. The first-order chi connectivity index (χ1) is 23.5. The number of carbonyl (C=O) groups is 5. The Hall–Kier alpha value is -4.34. The number of alkyl halides is 2. The van der Waals surface area contributed by atoms with Gasteiger partial charge in [0.2, 0.25) is 17.6 Å². The van der Waals surface area contributed by atoms with Gasteiger partial charge in [0.05, 0.1) is 23.1 Å². The van der Waals surface area contributed by atoms with E-state index in [1.165, 1.54) is 42.5 Å². The summed E-state index contributed by atoms with van der Waals surface area (Å²) in [5.41, 5.74) is -2.24. The van der Waals surface area contributed by atoms with Crippen molar-refractivity contribution in [2.75, 3.05) is 9.80 Å². The minimum Gasteiger partial charge on any atom is -0.508 e. The molecule has 2 aliphatic heterocycles. The molecule has 0 radical (unpaired) electrons. The molecule has 4 amide bonds. The number of allylic oxidation sites excluding steroid dienone is 2. The van der Waals surface area contributed by atoms with E-state index in [2.05, 4.69) is 15.9 Å². The zero-order chi connectivity index (χ0) is 36.4. The number of hydrogen-bond donors (Lipinski definition) is 2. The lowest BCUT2D eigenvalue weighted by molar-refractivity contribution is -0.125. The number of carbonyl (C=O) groups excluding carboxylic acids is 4. The van der Waals surface area contributed by atoms with Crippen molar-refractivity contribution in [3.8, 4) is 5.75 Å². The number of phenols is 1. The first kappa shape index (κ1) is 34.1. The van der Waals surface area contributed by atoms with Crippen LogP contribution in [0.15, 0.2) is 58.6 Å². The third kappa shape index (κ3) is 4.32. The molecule has 2 saturated heterocycles. The number of phenolic OH excluding ortho intramolecular Hbond substituents is 1. The number of fused-ring (bicyclic) bond motifs is 4. The fourth-order valence-electron chi connectivity index (χ4n) is 7.70. The predicted molar refractivity (Wildman–Crippen MR) is 168 cm³/mol. The van der Waals surface area contributed by atoms with Crippen molar-refractivity contribution < 1.29 is 56.1 Å². The zero-order valence-corrected chi connectivity index (χ0v) is 27.8. The molecule has 50 heavy (non-hydrogen) atoms. The van der Waals surface area contributed by atoms with Gasteiger partial charge in [0.15, 0.2) is 33.0 Å². The van der Waals surface area contributed by atoms with Gasteiger partial charge in [0.25, 0.3) is 11.8 Å². The third-order valence-electron chi connectivity index (χ3n) is 9.87. The summed E-state index contributed by atoms with van der Waals surface area (Å²) < 4.78 is 73.5. The predicted octanol–water partition coefficient (Wildman–Crippen LogP) is 6.32. The van der Waals surface area contributed by atoms with E-state index in [1.807, 2.05) is 0 Å².